The van der Waals surface area contributed by atoms with Crippen LogP contribution in [0, 0.1) is 0 Å². The van der Waals surface area contributed by atoms with Crippen LogP contribution in [0.3, 0.4) is 0 Å². The van der Waals surface area contributed by atoms with Crippen LogP contribution in [0.2, 0.25) is 0 Å². The van der Waals surface area contributed by atoms with Crippen molar-refractivity contribution in [3.05, 3.63) is 54.1 Å². The molecule has 1 unspecified atom stereocenters. The predicted octanol–water partition coefficient (Wildman–Crippen LogP) is 4.55. The van der Waals surface area contributed by atoms with Crippen LogP contribution in [0.1, 0.15) is 32.3 Å². The van der Waals surface area contributed by atoms with Crippen LogP contribution < -0.4 is 20.4 Å². The van der Waals surface area contributed by atoms with Crippen molar-refractivity contribution in [3.63, 3.8) is 0 Å². The molecular formula is C26H32F3N5O2. The Hall–Kier alpha value is -3.27. The van der Waals surface area contributed by atoms with E-state index in [9.17, 15) is 22.8 Å². The molecule has 0 radical (unpaired) electrons. The molecule has 0 spiro atoms. The predicted molar refractivity (Wildman–Crippen MR) is 134 cm³/mol. The first kappa shape index (κ1) is 25.8. The second kappa shape index (κ2) is 10.8. The third-order valence-electron chi connectivity index (χ3n) is 6.79. The smallest absolute Gasteiger partial charge is 0.369 e. The second-order valence-electron chi connectivity index (χ2n) is 9.49. The standard InChI is InChI=1S/C26H32F3N5O2/c1-18(2)32-14-16-33(17-15-32)21-9-11-22(12-10-21)34-13-3-4-23(24(34)35)31-25(36)30-20-7-5-19(6-8-20)26(27,28)29/h5-12,18,23H,3-4,13-17H2,1-2H3,(H2,30,31,36). The molecule has 194 valence electrons. The Morgan fingerprint density at radius 2 is 1.53 bits per heavy atom. The fraction of sp³-hybridized carbons (Fsp3) is 0.462. The van der Waals surface area contributed by atoms with Crippen molar-refractivity contribution in [2.75, 3.05) is 47.8 Å². The van der Waals surface area contributed by atoms with E-state index < -0.39 is 23.8 Å². The van der Waals surface area contributed by atoms with Crippen molar-refractivity contribution in [3.8, 4) is 0 Å². The maximum atomic E-state index is 13.1. The van der Waals surface area contributed by atoms with Gasteiger partial charge in [-0.1, -0.05) is 0 Å². The minimum atomic E-state index is -4.44. The topological polar surface area (TPSA) is 67.9 Å². The number of carbonyl (C=O) groups excluding carboxylic acids is 2. The first-order valence-electron chi connectivity index (χ1n) is 12.3. The van der Waals surface area contributed by atoms with Crippen LogP contribution in [0.15, 0.2) is 48.5 Å². The molecule has 36 heavy (non-hydrogen) atoms. The van der Waals surface area contributed by atoms with E-state index >= 15 is 0 Å². The summed E-state index contributed by atoms with van der Waals surface area (Å²) in [5.41, 5.74) is 1.32. The van der Waals surface area contributed by atoms with E-state index in [2.05, 4.69) is 34.3 Å². The fourth-order valence-electron chi connectivity index (χ4n) is 4.67. The Kier molecular flexibility index (Phi) is 7.73. The van der Waals surface area contributed by atoms with Crippen LogP contribution in [-0.2, 0) is 11.0 Å². The molecule has 2 saturated heterocycles. The second-order valence-corrected chi connectivity index (χ2v) is 9.49. The van der Waals surface area contributed by atoms with E-state index in [1.54, 1.807) is 4.90 Å². The number of rotatable bonds is 5. The quantitative estimate of drug-likeness (QED) is 0.628. The van der Waals surface area contributed by atoms with Gasteiger partial charge in [0.2, 0.25) is 5.91 Å². The number of amides is 3. The molecule has 2 aliphatic heterocycles. The molecule has 2 aromatic carbocycles. The lowest BCUT2D eigenvalue weighted by Gasteiger charge is -2.38. The largest absolute Gasteiger partial charge is 0.416 e. The lowest BCUT2D eigenvalue weighted by molar-refractivity contribution is -0.137. The van der Waals surface area contributed by atoms with Gasteiger partial charge >= 0.3 is 12.2 Å². The van der Waals surface area contributed by atoms with Crippen LogP contribution in [0.5, 0.6) is 0 Å². The Morgan fingerprint density at radius 1 is 0.917 bits per heavy atom. The summed E-state index contributed by atoms with van der Waals surface area (Å²) < 4.78 is 38.2. The summed E-state index contributed by atoms with van der Waals surface area (Å²) in [6, 6.07) is 11.3. The van der Waals surface area contributed by atoms with Crippen LogP contribution in [0.4, 0.5) is 35.0 Å². The molecule has 10 heteroatoms. The van der Waals surface area contributed by atoms with Crippen molar-refractivity contribution >= 4 is 29.0 Å². The van der Waals surface area contributed by atoms with E-state index in [-0.39, 0.29) is 11.6 Å². The molecule has 0 aromatic heterocycles. The molecule has 0 bridgehead atoms. The molecule has 4 rings (SSSR count). The highest BCUT2D eigenvalue weighted by Crippen LogP contribution is 2.30. The van der Waals surface area contributed by atoms with Gasteiger partial charge in [-0.3, -0.25) is 9.69 Å². The zero-order valence-electron chi connectivity index (χ0n) is 20.5. The number of piperidine rings is 1. The van der Waals surface area contributed by atoms with E-state index in [0.29, 0.717) is 19.0 Å². The Morgan fingerprint density at radius 3 is 2.11 bits per heavy atom. The highest BCUT2D eigenvalue weighted by Gasteiger charge is 2.32. The van der Waals surface area contributed by atoms with E-state index in [0.717, 1.165) is 56.1 Å². The normalized spacial score (nSPS) is 19.5. The van der Waals surface area contributed by atoms with Crippen molar-refractivity contribution < 1.29 is 22.8 Å². The molecular weight excluding hydrogens is 471 g/mol. The first-order valence-corrected chi connectivity index (χ1v) is 12.3. The molecule has 0 aliphatic carbocycles. The Bertz CT molecular complexity index is 1050. The van der Waals surface area contributed by atoms with Crippen LogP contribution >= 0.6 is 0 Å². The summed E-state index contributed by atoms with van der Waals surface area (Å²) in [4.78, 5) is 32.0. The van der Waals surface area contributed by atoms with Crippen LogP contribution in [-0.4, -0.2) is 61.6 Å². The molecule has 0 saturated carbocycles. The van der Waals surface area contributed by atoms with Gasteiger partial charge in [0.1, 0.15) is 6.04 Å². The molecule has 7 nitrogen and oxygen atoms in total. The Balaban J connectivity index is 1.33. The highest BCUT2D eigenvalue weighted by atomic mass is 19.4. The first-order chi connectivity index (χ1) is 17.1. The highest BCUT2D eigenvalue weighted by molar-refractivity contribution is 6.01. The van der Waals surface area contributed by atoms with E-state index in [1.165, 1.54) is 12.1 Å². The number of alkyl halides is 3. The zero-order valence-corrected chi connectivity index (χ0v) is 20.5. The molecule has 2 aliphatic rings. The van der Waals surface area contributed by atoms with Crippen molar-refractivity contribution in [2.45, 2.75) is 44.9 Å². The number of hydrogen-bond acceptors (Lipinski definition) is 4. The van der Waals surface area contributed by atoms with Gasteiger partial charge in [0.25, 0.3) is 0 Å². The summed E-state index contributed by atoms with van der Waals surface area (Å²) >= 11 is 0. The number of benzene rings is 2. The van der Waals surface area contributed by atoms with E-state index in [4.69, 9.17) is 0 Å². The van der Waals surface area contributed by atoms with Gasteiger partial charge in [0, 0.05) is 55.8 Å². The minimum absolute atomic E-state index is 0.206. The molecule has 2 fully saturated rings. The number of carbonyl (C=O) groups is 2. The van der Waals surface area contributed by atoms with Crippen molar-refractivity contribution in [2.24, 2.45) is 0 Å². The lowest BCUT2D eigenvalue weighted by Crippen LogP contribution is -2.53. The molecule has 2 N–H and O–H groups in total. The zero-order chi connectivity index (χ0) is 25.9. The average molecular weight is 504 g/mol. The molecule has 2 aromatic rings. The maximum absolute atomic E-state index is 13.1. The number of halogens is 3. The molecule has 3 amide bonds. The van der Waals surface area contributed by atoms with Gasteiger partial charge < -0.3 is 20.4 Å². The summed E-state index contributed by atoms with van der Waals surface area (Å²) in [5.74, 6) is -0.206. The number of piperazine rings is 1. The van der Waals surface area contributed by atoms with Crippen LogP contribution in [0.25, 0.3) is 0 Å². The van der Waals surface area contributed by atoms with Gasteiger partial charge in [0.15, 0.2) is 0 Å². The van der Waals surface area contributed by atoms with Gasteiger partial charge in [-0.05, 0) is 75.2 Å². The number of nitrogens with one attached hydrogen (secondary N) is 2. The number of urea groups is 1. The third-order valence-corrected chi connectivity index (χ3v) is 6.79. The van der Waals surface area contributed by atoms with Gasteiger partial charge in [-0.25, -0.2) is 4.79 Å². The molecule has 2 heterocycles. The van der Waals surface area contributed by atoms with Crippen molar-refractivity contribution in [1.82, 2.24) is 10.2 Å². The SMILES string of the molecule is CC(C)N1CCN(c2ccc(N3CCCC(NC(=O)Nc4ccc(C(F)(F)F)cc4)C3=O)cc2)CC1. The fourth-order valence-corrected chi connectivity index (χ4v) is 4.67. The number of hydrogen-bond donors (Lipinski definition) is 2. The van der Waals surface area contributed by atoms with E-state index in [1.807, 2.05) is 24.3 Å². The average Bonchev–Trinajstić information content (AvgIpc) is 2.85. The molecule has 1 atom stereocenters. The summed E-state index contributed by atoms with van der Waals surface area (Å²) in [6.45, 7) is 8.93. The Labute approximate surface area is 209 Å². The summed E-state index contributed by atoms with van der Waals surface area (Å²) in [7, 11) is 0. The number of nitrogens with zero attached hydrogens (tertiary/aromatic N) is 3. The summed E-state index contributed by atoms with van der Waals surface area (Å²) in [5, 5.41) is 5.16. The van der Waals surface area contributed by atoms with Crippen molar-refractivity contribution in [1.29, 1.82) is 0 Å². The van der Waals surface area contributed by atoms with Gasteiger partial charge in [-0.15, -0.1) is 0 Å². The minimum Gasteiger partial charge on any atom is -0.369 e. The maximum Gasteiger partial charge on any atom is 0.416 e. The van der Waals surface area contributed by atoms with Gasteiger partial charge in [0.05, 0.1) is 5.56 Å². The lowest BCUT2D eigenvalue weighted by atomic mass is 10.0. The number of anilines is 3. The summed E-state index contributed by atoms with van der Waals surface area (Å²) in [6.07, 6.45) is -3.23. The monoisotopic (exact) mass is 503 g/mol. The third kappa shape index (κ3) is 6.10. The van der Waals surface area contributed by atoms with Gasteiger partial charge in [-0.2, -0.15) is 13.2 Å².